The van der Waals surface area contributed by atoms with Gasteiger partial charge in [-0.05, 0) is 25.5 Å². The van der Waals surface area contributed by atoms with Crippen molar-refractivity contribution < 1.29 is 4.39 Å². The lowest BCUT2D eigenvalue weighted by Gasteiger charge is -2.29. The van der Waals surface area contributed by atoms with Gasteiger partial charge >= 0.3 is 0 Å². The molecule has 2 rings (SSSR count). The van der Waals surface area contributed by atoms with Crippen LogP contribution < -0.4 is 10.6 Å². The zero-order chi connectivity index (χ0) is 11.5. The third-order valence-corrected chi connectivity index (χ3v) is 2.88. The molecule has 2 N–H and O–H groups in total. The number of hydrogen-bond donors (Lipinski definition) is 1. The Balaban J connectivity index is 2.39. The SMILES string of the molecule is CC(N)c1c(F)cccc1N1CC=CCC1. The number of nitrogens with two attached hydrogens (primary N) is 1. The van der Waals surface area contributed by atoms with Crippen molar-refractivity contribution in [1.82, 2.24) is 0 Å². The van der Waals surface area contributed by atoms with E-state index in [2.05, 4.69) is 17.1 Å². The Hall–Kier alpha value is -1.35. The van der Waals surface area contributed by atoms with E-state index in [1.807, 2.05) is 13.0 Å². The summed E-state index contributed by atoms with van der Waals surface area (Å²) >= 11 is 0. The van der Waals surface area contributed by atoms with Crippen LogP contribution in [0.4, 0.5) is 10.1 Å². The molecule has 1 unspecified atom stereocenters. The van der Waals surface area contributed by atoms with Crippen LogP contribution in [0.1, 0.15) is 24.9 Å². The zero-order valence-electron chi connectivity index (χ0n) is 9.49. The van der Waals surface area contributed by atoms with Gasteiger partial charge in [0, 0.05) is 30.4 Å². The Morgan fingerprint density at radius 1 is 1.38 bits per heavy atom. The van der Waals surface area contributed by atoms with Crippen molar-refractivity contribution in [3.8, 4) is 0 Å². The zero-order valence-corrected chi connectivity index (χ0v) is 9.49. The maximum Gasteiger partial charge on any atom is 0.130 e. The van der Waals surface area contributed by atoms with Crippen LogP contribution in [-0.2, 0) is 0 Å². The molecule has 0 fully saturated rings. The summed E-state index contributed by atoms with van der Waals surface area (Å²) in [6.07, 6.45) is 5.27. The van der Waals surface area contributed by atoms with E-state index in [0.29, 0.717) is 5.56 Å². The number of benzene rings is 1. The molecule has 1 atom stereocenters. The quantitative estimate of drug-likeness (QED) is 0.776. The highest BCUT2D eigenvalue weighted by molar-refractivity contribution is 5.56. The minimum absolute atomic E-state index is 0.206. The first-order valence-corrected chi connectivity index (χ1v) is 5.64. The van der Waals surface area contributed by atoms with Crippen molar-refractivity contribution in [2.75, 3.05) is 18.0 Å². The van der Waals surface area contributed by atoms with Crippen molar-refractivity contribution >= 4 is 5.69 Å². The lowest BCUT2D eigenvalue weighted by atomic mass is 10.0. The highest BCUT2D eigenvalue weighted by Crippen LogP contribution is 2.28. The summed E-state index contributed by atoms with van der Waals surface area (Å²) in [5, 5.41) is 0. The first-order valence-electron chi connectivity index (χ1n) is 5.64. The minimum Gasteiger partial charge on any atom is -0.367 e. The van der Waals surface area contributed by atoms with Gasteiger partial charge in [-0.1, -0.05) is 18.2 Å². The lowest BCUT2D eigenvalue weighted by molar-refractivity contribution is 0.591. The van der Waals surface area contributed by atoms with E-state index >= 15 is 0 Å². The predicted molar refractivity (Wildman–Crippen MR) is 65.0 cm³/mol. The monoisotopic (exact) mass is 220 g/mol. The fraction of sp³-hybridized carbons (Fsp3) is 0.385. The van der Waals surface area contributed by atoms with E-state index < -0.39 is 0 Å². The summed E-state index contributed by atoms with van der Waals surface area (Å²) in [5.74, 6) is -0.206. The Labute approximate surface area is 95.6 Å². The maximum atomic E-state index is 13.7. The van der Waals surface area contributed by atoms with Crippen LogP contribution in [0.15, 0.2) is 30.4 Å². The van der Waals surface area contributed by atoms with E-state index in [1.54, 1.807) is 6.07 Å². The summed E-state index contributed by atoms with van der Waals surface area (Å²) < 4.78 is 13.7. The first kappa shape index (κ1) is 11.1. The normalized spacial score (nSPS) is 17.6. The van der Waals surface area contributed by atoms with Gasteiger partial charge in [-0.3, -0.25) is 0 Å². The van der Waals surface area contributed by atoms with Gasteiger partial charge in [0.2, 0.25) is 0 Å². The van der Waals surface area contributed by atoms with Crippen LogP contribution in [0.25, 0.3) is 0 Å². The maximum absolute atomic E-state index is 13.7. The van der Waals surface area contributed by atoms with Gasteiger partial charge in [0.25, 0.3) is 0 Å². The van der Waals surface area contributed by atoms with Crippen LogP contribution in [-0.4, -0.2) is 13.1 Å². The molecule has 1 aliphatic rings. The van der Waals surface area contributed by atoms with Gasteiger partial charge in [-0.25, -0.2) is 4.39 Å². The predicted octanol–water partition coefficient (Wildman–Crippen LogP) is 2.61. The molecule has 0 saturated carbocycles. The van der Waals surface area contributed by atoms with Gasteiger partial charge in [-0.2, -0.15) is 0 Å². The fourth-order valence-electron chi connectivity index (χ4n) is 2.11. The fourth-order valence-corrected chi connectivity index (χ4v) is 2.11. The van der Waals surface area contributed by atoms with Gasteiger partial charge in [0.15, 0.2) is 0 Å². The number of nitrogens with zero attached hydrogens (tertiary/aromatic N) is 1. The second-order valence-corrected chi connectivity index (χ2v) is 4.17. The second-order valence-electron chi connectivity index (χ2n) is 4.17. The van der Waals surface area contributed by atoms with Crippen molar-refractivity contribution in [3.63, 3.8) is 0 Å². The lowest BCUT2D eigenvalue weighted by Crippen LogP contribution is -2.29. The number of hydrogen-bond acceptors (Lipinski definition) is 2. The molecule has 0 bridgehead atoms. The molecule has 1 aliphatic heterocycles. The molecule has 0 saturated heterocycles. The Morgan fingerprint density at radius 3 is 2.81 bits per heavy atom. The molecule has 1 aromatic carbocycles. The molecule has 3 heteroatoms. The number of anilines is 1. The minimum atomic E-state index is -0.276. The highest BCUT2D eigenvalue weighted by atomic mass is 19.1. The topological polar surface area (TPSA) is 29.3 Å². The molecule has 86 valence electrons. The van der Waals surface area contributed by atoms with E-state index in [4.69, 9.17) is 5.73 Å². The smallest absolute Gasteiger partial charge is 0.130 e. The third-order valence-electron chi connectivity index (χ3n) is 2.88. The molecule has 1 aromatic rings. The standard InChI is InChI=1S/C13H17FN2/c1-10(15)13-11(14)6-5-7-12(13)16-8-3-2-4-9-16/h2-3,5-7,10H,4,8-9,15H2,1H3. The summed E-state index contributed by atoms with van der Waals surface area (Å²) in [7, 11) is 0. The second kappa shape index (κ2) is 4.66. The molecule has 0 aromatic heterocycles. The molecule has 0 spiro atoms. The van der Waals surface area contributed by atoms with E-state index in [-0.39, 0.29) is 11.9 Å². The van der Waals surface area contributed by atoms with E-state index in [9.17, 15) is 4.39 Å². The number of halogens is 1. The molecular formula is C13H17FN2. The molecule has 2 nitrogen and oxygen atoms in total. The van der Waals surface area contributed by atoms with Crippen LogP contribution >= 0.6 is 0 Å². The van der Waals surface area contributed by atoms with Gasteiger partial charge < -0.3 is 10.6 Å². The first-order chi connectivity index (χ1) is 7.70. The van der Waals surface area contributed by atoms with Crippen LogP contribution in [0.2, 0.25) is 0 Å². The van der Waals surface area contributed by atoms with Crippen molar-refractivity contribution in [3.05, 3.63) is 41.7 Å². The molecular weight excluding hydrogens is 203 g/mol. The van der Waals surface area contributed by atoms with Gasteiger partial charge in [0.1, 0.15) is 5.82 Å². The average Bonchev–Trinajstić information content (AvgIpc) is 2.29. The van der Waals surface area contributed by atoms with E-state index in [1.165, 1.54) is 6.07 Å². The molecule has 0 amide bonds. The number of rotatable bonds is 2. The molecule has 1 heterocycles. The Bertz CT molecular complexity index is 399. The van der Waals surface area contributed by atoms with Crippen molar-refractivity contribution in [2.24, 2.45) is 5.73 Å². The van der Waals surface area contributed by atoms with Crippen molar-refractivity contribution in [1.29, 1.82) is 0 Å². The summed E-state index contributed by atoms with van der Waals surface area (Å²) in [6.45, 7) is 3.59. The highest BCUT2D eigenvalue weighted by Gasteiger charge is 2.17. The van der Waals surface area contributed by atoms with E-state index in [0.717, 1.165) is 25.2 Å². The summed E-state index contributed by atoms with van der Waals surface area (Å²) in [6, 6.07) is 4.89. The molecule has 0 aliphatic carbocycles. The largest absolute Gasteiger partial charge is 0.367 e. The average molecular weight is 220 g/mol. The Morgan fingerprint density at radius 2 is 2.19 bits per heavy atom. The van der Waals surface area contributed by atoms with Crippen LogP contribution in [0.3, 0.4) is 0 Å². The summed E-state index contributed by atoms with van der Waals surface area (Å²) in [5.41, 5.74) is 7.39. The molecule has 0 radical (unpaired) electrons. The Kier molecular flexibility index (Phi) is 3.25. The van der Waals surface area contributed by atoms with Gasteiger partial charge in [0.05, 0.1) is 0 Å². The van der Waals surface area contributed by atoms with Gasteiger partial charge in [-0.15, -0.1) is 0 Å². The third kappa shape index (κ3) is 2.09. The molecule has 16 heavy (non-hydrogen) atoms. The summed E-state index contributed by atoms with van der Waals surface area (Å²) in [4.78, 5) is 2.17. The van der Waals surface area contributed by atoms with Crippen LogP contribution in [0, 0.1) is 5.82 Å². The van der Waals surface area contributed by atoms with Crippen LogP contribution in [0.5, 0.6) is 0 Å². The van der Waals surface area contributed by atoms with Crippen molar-refractivity contribution in [2.45, 2.75) is 19.4 Å².